The van der Waals surface area contributed by atoms with Crippen molar-refractivity contribution >= 4 is 88.2 Å². The van der Waals surface area contributed by atoms with Gasteiger partial charge in [0.1, 0.15) is 5.58 Å². The Hall–Kier alpha value is -7.14. The van der Waals surface area contributed by atoms with Crippen LogP contribution < -0.4 is 4.90 Å². The highest BCUT2D eigenvalue weighted by Crippen LogP contribution is 2.44. The summed E-state index contributed by atoms with van der Waals surface area (Å²) < 4.78 is 10.3. The van der Waals surface area contributed by atoms with E-state index in [1.165, 1.54) is 65.3 Å². The van der Waals surface area contributed by atoms with Crippen molar-refractivity contribution in [3.8, 4) is 27.9 Å². The van der Waals surface area contributed by atoms with Crippen LogP contribution >= 0.6 is 11.3 Å². The summed E-state index contributed by atoms with van der Waals surface area (Å²) in [6.45, 7) is 2.31. The largest absolute Gasteiger partial charge is 0.454 e. The second-order valence-electron chi connectivity index (χ2n) is 15.8. The monoisotopic (exact) mass is 774 g/mol. The highest BCUT2D eigenvalue weighted by atomic mass is 32.1. The lowest BCUT2D eigenvalue weighted by molar-refractivity contribution is 0.665. The zero-order valence-electron chi connectivity index (χ0n) is 32.5. The Bertz CT molecular complexity index is 3430. The van der Waals surface area contributed by atoms with Gasteiger partial charge < -0.3 is 13.9 Å². The first-order valence-corrected chi connectivity index (χ1v) is 21.3. The molecule has 3 nitrogen and oxygen atoms in total. The maximum absolute atomic E-state index is 6.57. The topological polar surface area (TPSA) is 21.3 Å². The zero-order chi connectivity index (χ0) is 39.0. The van der Waals surface area contributed by atoms with E-state index in [1.54, 1.807) is 11.3 Å². The van der Waals surface area contributed by atoms with E-state index in [1.807, 2.05) is 6.07 Å². The SMILES string of the molecule is CC1C=Cc2c(c3cc(-c4ccc(N(c5ccc(-c6csc7ccccc67)cc5)c5cccc6ccccc56)cc4)ccc3n2-c2cccc3c2oc2ccccc23)C1. The summed E-state index contributed by atoms with van der Waals surface area (Å²) in [7, 11) is 0. The molecule has 3 aromatic heterocycles. The van der Waals surface area contributed by atoms with E-state index in [2.05, 4.69) is 204 Å². The third-order valence-electron chi connectivity index (χ3n) is 12.2. The number of aromatic nitrogens is 1. The lowest BCUT2D eigenvalue weighted by atomic mass is 9.92. The van der Waals surface area contributed by atoms with Gasteiger partial charge in [-0.15, -0.1) is 11.3 Å². The number of rotatable bonds is 6. The highest BCUT2D eigenvalue weighted by Gasteiger charge is 2.24. The van der Waals surface area contributed by atoms with Crippen molar-refractivity contribution in [1.82, 2.24) is 4.57 Å². The van der Waals surface area contributed by atoms with Gasteiger partial charge in [-0.3, -0.25) is 0 Å². The van der Waals surface area contributed by atoms with Gasteiger partial charge in [-0.2, -0.15) is 0 Å². The summed E-state index contributed by atoms with van der Waals surface area (Å²) in [6, 6.07) is 64.0. The highest BCUT2D eigenvalue weighted by molar-refractivity contribution is 7.17. The number of anilines is 3. The minimum atomic E-state index is 0.463. The number of benzene rings is 8. The fourth-order valence-corrected chi connectivity index (χ4v) is 10.4. The molecule has 0 fully saturated rings. The fourth-order valence-electron chi connectivity index (χ4n) is 9.38. The van der Waals surface area contributed by atoms with Crippen LogP contribution in [0.15, 0.2) is 192 Å². The van der Waals surface area contributed by atoms with Crippen LogP contribution in [0.1, 0.15) is 18.2 Å². The molecule has 0 N–H and O–H groups in total. The summed E-state index contributed by atoms with van der Waals surface area (Å²) in [5.74, 6) is 0.463. The van der Waals surface area contributed by atoms with Crippen molar-refractivity contribution in [1.29, 1.82) is 0 Å². The number of hydrogen-bond acceptors (Lipinski definition) is 3. The second kappa shape index (κ2) is 13.5. The fraction of sp³-hybridized carbons (Fsp3) is 0.0545. The summed E-state index contributed by atoms with van der Waals surface area (Å²) in [5.41, 5.74) is 15.0. The molecule has 0 saturated heterocycles. The van der Waals surface area contributed by atoms with Crippen molar-refractivity contribution in [2.75, 3.05) is 4.90 Å². The van der Waals surface area contributed by atoms with Crippen LogP contribution in [0.25, 0.3) is 87.7 Å². The van der Waals surface area contributed by atoms with Gasteiger partial charge in [0.15, 0.2) is 5.58 Å². The zero-order valence-corrected chi connectivity index (χ0v) is 33.3. The molecule has 0 bridgehead atoms. The van der Waals surface area contributed by atoms with Crippen LogP contribution in [-0.4, -0.2) is 4.57 Å². The lowest BCUT2D eigenvalue weighted by Gasteiger charge is -2.27. The molecule has 3 heterocycles. The number of furan rings is 1. The van der Waals surface area contributed by atoms with E-state index in [9.17, 15) is 0 Å². The van der Waals surface area contributed by atoms with Crippen LogP contribution in [0.2, 0.25) is 0 Å². The van der Waals surface area contributed by atoms with Gasteiger partial charge in [-0.1, -0.05) is 128 Å². The molecule has 8 aromatic carbocycles. The Balaban J connectivity index is 0.961. The van der Waals surface area contributed by atoms with E-state index in [0.29, 0.717) is 5.92 Å². The molecule has 0 radical (unpaired) electrons. The minimum absolute atomic E-state index is 0.463. The van der Waals surface area contributed by atoms with E-state index >= 15 is 0 Å². The van der Waals surface area contributed by atoms with E-state index in [4.69, 9.17) is 4.42 Å². The third-order valence-corrected chi connectivity index (χ3v) is 13.2. The molecule has 1 aliphatic rings. The molecule has 12 rings (SSSR count). The molecule has 0 spiro atoms. The van der Waals surface area contributed by atoms with Gasteiger partial charge >= 0.3 is 0 Å². The molecule has 4 heteroatoms. The Morgan fingerprint density at radius 1 is 0.593 bits per heavy atom. The minimum Gasteiger partial charge on any atom is -0.454 e. The Labute approximate surface area is 346 Å². The first-order valence-electron chi connectivity index (χ1n) is 20.4. The van der Waals surface area contributed by atoms with Crippen LogP contribution in [0.5, 0.6) is 0 Å². The number of para-hydroxylation sites is 2. The van der Waals surface area contributed by atoms with Crippen molar-refractivity contribution in [2.24, 2.45) is 5.92 Å². The molecule has 59 heavy (non-hydrogen) atoms. The van der Waals surface area contributed by atoms with Crippen molar-refractivity contribution in [3.05, 3.63) is 199 Å². The van der Waals surface area contributed by atoms with Crippen LogP contribution in [0.4, 0.5) is 17.1 Å². The number of fused-ring (bicyclic) bond motifs is 8. The predicted molar refractivity (Wildman–Crippen MR) is 251 cm³/mol. The molecule has 1 unspecified atom stereocenters. The Morgan fingerprint density at radius 3 is 2.12 bits per heavy atom. The summed E-state index contributed by atoms with van der Waals surface area (Å²) in [4.78, 5) is 2.40. The van der Waals surface area contributed by atoms with Gasteiger partial charge in [0.2, 0.25) is 0 Å². The van der Waals surface area contributed by atoms with Crippen LogP contribution in [0, 0.1) is 5.92 Å². The maximum atomic E-state index is 6.57. The Kier molecular flexibility index (Phi) is 7.75. The lowest BCUT2D eigenvalue weighted by Crippen LogP contribution is -2.10. The van der Waals surface area contributed by atoms with Crippen molar-refractivity contribution in [2.45, 2.75) is 13.3 Å². The Morgan fingerprint density at radius 2 is 1.27 bits per heavy atom. The summed E-state index contributed by atoms with van der Waals surface area (Å²) >= 11 is 1.80. The molecule has 11 aromatic rings. The molecule has 0 saturated carbocycles. The van der Waals surface area contributed by atoms with Gasteiger partial charge in [0, 0.05) is 54.3 Å². The number of allylic oxidation sites excluding steroid dienone is 1. The summed E-state index contributed by atoms with van der Waals surface area (Å²) in [5, 5.41) is 9.60. The smallest absolute Gasteiger partial charge is 0.159 e. The number of hydrogen-bond donors (Lipinski definition) is 0. The molecular formula is C55H38N2OS. The average molecular weight is 775 g/mol. The molecule has 0 amide bonds. The number of thiophene rings is 1. The molecule has 1 aliphatic carbocycles. The van der Waals surface area contributed by atoms with Crippen LogP contribution in [-0.2, 0) is 6.42 Å². The van der Waals surface area contributed by atoms with Crippen LogP contribution in [0.3, 0.4) is 0 Å². The third kappa shape index (κ3) is 5.48. The van der Waals surface area contributed by atoms with E-state index < -0.39 is 0 Å². The van der Waals surface area contributed by atoms with Gasteiger partial charge in [-0.25, -0.2) is 0 Å². The van der Waals surface area contributed by atoms with Gasteiger partial charge in [0.05, 0.1) is 16.9 Å². The standard InChI is InChI=1S/C55H38N2OS/c1-35-20-30-50-46(32-35)47-33-39(25-31-51(47)57(50)52-17-9-15-45-43-13-4-6-18-53(43)58-55(45)52)36-21-26-40(27-22-36)56(49-16-8-11-37-10-2-3-12-42(37)49)41-28-23-38(24-29-41)48-34-59-54-19-7-5-14-44(48)54/h2-31,33-35H,32H2,1H3. The predicted octanol–water partition coefficient (Wildman–Crippen LogP) is 15.9. The van der Waals surface area contributed by atoms with E-state index in [-0.39, 0.29) is 0 Å². The first-order chi connectivity index (χ1) is 29.2. The van der Waals surface area contributed by atoms with Gasteiger partial charge in [0.25, 0.3) is 0 Å². The number of nitrogens with zero attached hydrogens (tertiary/aromatic N) is 2. The quantitative estimate of drug-likeness (QED) is 0.168. The maximum Gasteiger partial charge on any atom is 0.159 e. The van der Waals surface area contributed by atoms with Gasteiger partial charge in [-0.05, 0) is 112 Å². The normalized spacial score (nSPS) is 13.9. The summed E-state index contributed by atoms with van der Waals surface area (Å²) in [6.07, 6.45) is 5.65. The molecule has 1 atom stereocenters. The van der Waals surface area contributed by atoms with E-state index in [0.717, 1.165) is 51.1 Å². The molecule has 0 aliphatic heterocycles. The van der Waals surface area contributed by atoms with Crippen molar-refractivity contribution in [3.63, 3.8) is 0 Å². The van der Waals surface area contributed by atoms with Crippen molar-refractivity contribution < 1.29 is 4.42 Å². The second-order valence-corrected chi connectivity index (χ2v) is 16.7. The molecular weight excluding hydrogens is 737 g/mol. The molecule has 280 valence electrons. The average Bonchev–Trinajstić information content (AvgIpc) is 3.99. The first kappa shape index (κ1) is 33.9.